The Morgan fingerprint density at radius 2 is 1.96 bits per heavy atom. The molecule has 6 heteroatoms. The van der Waals surface area contributed by atoms with E-state index in [1.165, 1.54) is 58.0 Å². The highest BCUT2D eigenvalue weighted by atomic mass is 79.9. The zero-order valence-electron chi connectivity index (χ0n) is 14.3. The maximum atomic E-state index is 8.99. The minimum atomic E-state index is 0.316. The van der Waals surface area contributed by atoms with E-state index < -0.39 is 0 Å². The first-order valence-corrected chi connectivity index (χ1v) is 10.0. The third-order valence-electron chi connectivity index (χ3n) is 5.57. The summed E-state index contributed by atoms with van der Waals surface area (Å²) >= 11 is 3.62. The van der Waals surface area contributed by atoms with E-state index in [2.05, 4.69) is 31.1 Å². The van der Waals surface area contributed by atoms with Gasteiger partial charge in [-0.1, -0.05) is 6.42 Å². The first-order valence-electron chi connectivity index (χ1n) is 9.23. The molecular formula is C19H23BrN4O. The Hall–Kier alpha value is -1.58. The molecule has 132 valence electrons. The van der Waals surface area contributed by atoms with Crippen LogP contribution in [0.1, 0.15) is 50.7 Å². The number of likely N-dealkylation sites (tertiary alicyclic amines) is 1. The van der Waals surface area contributed by atoms with Crippen LogP contribution in [0.4, 0.5) is 5.82 Å². The molecule has 0 atom stereocenters. The first kappa shape index (κ1) is 16.9. The molecule has 25 heavy (non-hydrogen) atoms. The monoisotopic (exact) mass is 402 g/mol. The molecule has 1 saturated carbocycles. The van der Waals surface area contributed by atoms with Crippen molar-refractivity contribution in [1.29, 1.82) is 5.26 Å². The van der Waals surface area contributed by atoms with Gasteiger partial charge in [0.25, 0.3) is 0 Å². The molecule has 0 unspecified atom stereocenters. The fourth-order valence-electron chi connectivity index (χ4n) is 4.20. The van der Waals surface area contributed by atoms with Crippen LogP contribution in [0.3, 0.4) is 0 Å². The molecule has 3 heterocycles. The van der Waals surface area contributed by atoms with Crippen molar-refractivity contribution in [2.24, 2.45) is 0 Å². The van der Waals surface area contributed by atoms with Crippen molar-refractivity contribution in [2.75, 3.05) is 18.4 Å². The van der Waals surface area contributed by atoms with E-state index in [0.29, 0.717) is 17.4 Å². The lowest BCUT2D eigenvalue weighted by Gasteiger charge is -2.39. The number of nitrogens with one attached hydrogen (secondary N) is 1. The van der Waals surface area contributed by atoms with E-state index in [9.17, 15) is 0 Å². The third kappa shape index (κ3) is 3.54. The summed E-state index contributed by atoms with van der Waals surface area (Å²) in [5.41, 5.74) is 0.641. The molecule has 1 aliphatic carbocycles. The zero-order chi connectivity index (χ0) is 17.2. The van der Waals surface area contributed by atoms with Gasteiger partial charge in [-0.3, -0.25) is 0 Å². The minimum Gasteiger partial charge on any atom is -0.444 e. The molecule has 2 aromatic heterocycles. The summed E-state index contributed by atoms with van der Waals surface area (Å²) in [4.78, 5) is 7.19. The van der Waals surface area contributed by atoms with E-state index >= 15 is 0 Å². The summed E-state index contributed by atoms with van der Waals surface area (Å²) in [6.45, 7) is 2.57. The van der Waals surface area contributed by atoms with Gasteiger partial charge in [0.1, 0.15) is 11.9 Å². The van der Waals surface area contributed by atoms with Gasteiger partial charge >= 0.3 is 0 Å². The maximum absolute atomic E-state index is 8.99. The highest BCUT2D eigenvalue weighted by Crippen LogP contribution is 2.34. The Balaban J connectivity index is 1.40. The van der Waals surface area contributed by atoms with Gasteiger partial charge in [-0.05, 0) is 67.5 Å². The van der Waals surface area contributed by atoms with Gasteiger partial charge in [0, 0.05) is 23.5 Å². The number of furan rings is 1. The molecule has 0 radical (unpaired) electrons. The van der Waals surface area contributed by atoms with Crippen molar-refractivity contribution in [1.82, 2.24) is 9.88 Å². The number of rotatable bonds is 3. The molecule has 0 spiro atoms. The van der Waals surface area contributed by atoms with Gasteiger partial charge in [-0.25, -0.2) is 4.98 Å². The fraction of sp³-hybridized carbons (Fsp3) is 0.579. The molecule has 4 rings (SSSR count). The summed E-state index contributed by atoms with van der Waals surface area (Å²) in [7, 11) is 0. The van der Waals surface area contributed by atoms with Crippen molar-refractivity contribution in [3.63, 3.8) is 0 Å². The standard InChI is InChI=1S/C19H23BrN4O/c20-18-16-10-15(11-21)25-17(16)12-22-19(18)23-13-4-6-14(7-5-13)24-8-2-1-3-9-24/h10,12-14H,1-9H2,(H,22,23). The molecular weight excluding hydrogens is 380 g/mol. The molecule has 2 aliphatic rings. The van der Waals surface area contributed by atoms with Crippen molar-refractivity contribution < 1.29 is 4.42 Å². The number of hydrogen-bond acceptors (Lipinski definition) is 5. The Morgan fingerprint density at radius 3 is 2.68 bits per heavy atom. The molecule has 0 aromatic carbocycles. The summed E-state index contributed by atoms with van der Waals surface area (Å²) in [6.07, 6.45) is 10.7. The molecule has 2 aromatic rings. The number of pyridine rings is 1. The van der Waals surface area contributed by atoms with Crippen LogP contribution >= 0.6 is 15.9 Å². The fourth-order valence-corrected chi connectivity index (χ4v) is 4.72. The molecule has 0 bridgehead atoms. The van der Waals surface area contributed by atoms with Crippen molar-refractivity contribution in [3.05, 3.63) is 22.5 Å². The number of nitriles is 1. The Morgan fingerprint density at radius 1 is 1.20 bits per heavy atom. The van der Waals surface area contributed by atoms with E-state index in [-0.39, 0.29) is 0 Å². The van der Waals surface area contributed by atoms with Gasteiger partial charge in [0.2, 0.25) is 5.76 Å². The number of aromatic nitrogens is 1. The second kappa shape index (κ2) is 7.35. The van der Waals surface area contributed by atoms with Crippen LogP contribution in [0.5, 0.6) is 0 Å². The lowest BCUT2D eigenvalue weighted by atomic mass is 9.89. The highest BCUT2D eigenvalue weighted by molar-refractivity contribution is 9.10. The normalized spacial score (nSPS) is 25.0. The van der Waals surface area contributed by atoms with Gasteiger partial charge in [-0.15, -0.1) is 0 Å². The predicted molar refractivity (Wildman–Crippen MR) is 102 cm³/mol. The molecule has 0 amide bonds. The molecule has 2 fully saturated rings. The molecule has 1 N–H and O–H groups in total. The summed E-state index contributed by atoms with van der Waals surface area (Å²) in [5.74, 6) is 1.16. The SMILES string of the molecule is N#Cc1cc2c(Br)c(NC3CCC(N4CCCCC4)CC3)ncc2o1. The highest BCUT2D eigenvalue weighted by Gasteiger charge is 2.27. The van der Waals surface area contributed by atoms with Crippen LogP contribution < -0.4 is 5.32 Å². The number of piperidine rings is 1. The number of halogens is 1. The molecule has 1 saturated heterocycles. The first-order chi connectivity index (χ1) is 12.2. The van der Waals surface area contributed by atoms with E-state index in [1.807, 2.05) is 6.07 Å². The Kier molecular flexibility index (Phi) is 4.96. The van der Waals surface area contributed by atoms with E-state index in [1.54, 1.807) is 12.3 Å². The topological polar surface area (TPSA) is 65.1 Å². The summed E-state index contributed by atoms with van der Waals surface area (Å²) in [6, 6.07) is 5.03. The average molecular weight is 403 g/mol. The average Bonchev–Trinajstić information content (AvgIpc) is 3.10. The number of nitrogens with zero attached hydrogens (tertiary/aromatic N) is 3. The molecule has 5 nitrogen and oxygen atoms in total. The van der Waals surface area contributed by atoms with Gasteiger partial charge < -0.3 is 14.6 Å². The second-order valence-corrected chi connectivity index (χ2v) is 7.96. The van der Waals surface area contributed by atoms with Crippen LogP contribution in [0.25, 0.3) is 11.0 Å². The zero-order valence-corrected chi connectivity index (χ0v) is 15.9. The van der Waals surface area contributed by atoms with E-state index in [0.717, 1.165) is 21.7 Å². The lowest BCUT2D eigenvalue weighted by Crippen LogP contribution is -2.43. The van der Waals surface area contributed by atoms with Gasteiger partial charge in [0.05, 0.1) is 10.7 Å². The quantitative estimate of drug-likeness (QED) is 0.807. The van der Waals surface area contributed by atoms with E-state index in [4.69, 9.17) is 9.68 Å². The number of fused-ring (bicyclic) bond motifs is 1. The van der Waals surface area contributed by atoms with Crippen LogP contribution in [0.15, 0.2) is 21.2 Å². The van der Waals surface area contributed by atoms with Crippen LogP contribution in [-0.2, 0) is 0 Å². The second-order valence-electron chi connectivity index (χ2n) is 7.17. The van der Waals surface area contributed by atoms with Crippen molar-refractivity contribution in [2.45, 2.75) is 57.0 Å². The number of anilines is 1. The summed E-state index contributed by atoms with van der Waals surface area (Å²) < 4.78 is 6.32. The third-order valence-corrected chi connectivity index (χ3v) is 6.37. The molecule has 1 aliphatic heterocycles. The van der Waals surface area contributed by atoms with Crippen LogP contribution in [0, 0.1) is 11.3 Å². The Bertz CT molecular complexity index is 783. The smallest absolute Gasteiger partial charge is 0.204 e. The van der Waals surface area contributed by atoms with Crippen molar-refractivity contribution >= 4 is 32.7 Å². The number of hydrogen-bond donors (Lipinski definition) is 1. The largest absolute Gasteiger partial charge is 0.444 e. The van der Waals surface area contributed by atoms with Crippen LogP contribution in [-0.4, -0.2) is 35.1 Å². The lowest BCUT2D eigenvalue weighted by molar-refractivity contribution is 0.127. The minimum absolute atomic E-state index is 0.316. The van der Waals surface area contributed by atoms with Gasteiger partial charge in [-0.2, -0.15) is 5.26 Å². The Labute approximate surface area is 156 Å². The summed E-state index contributed by atoms with van der Waals surface area (Å²) in [5, 5.41) is 13.5. The van der Waals surface area contributed by atoms with Gasteiger partial charge in [0.15, 0.2) is 5.58 Å². The van der Waals surface area contributed by atoms with Crippen LogP contribution in [0.2, 0.25) is 0 Å². The van der Waals surface area contributed by atoms with Crippen molar-refractivity contribution in [3.8, 4) is 6.07 Å². The maximum Gasteiger partial charge on any atom is 0.204 e. The predicted octanol–water partition coefficient (Wildman–Crippen LogP) is 4.67.